The lowest BCUT2D eigenvalue weighted by molar-refractivity contribution is -0.131. The van der Waals surface area contributed by atoms with Crippen LogP contribution in [0.1, 0.15) is 12.0 Å². The van der Waals surface area contributed by atoms with Crippen molar-refractivity contribution in [2.45, 2.75) is 13.3 Å². The number of hydrogen-bond donors (Lipinski definition) is 2. The van der Waals surface area contributed by atoms with E-state index in [9.17, 15) is 9.59 Å². The lowest BCUT2D eigenvalue weighted by Crippen LogP contribution is -2.49. The van der Waals surface area contributed by atoms with Crippen LogP contribution < -0.4 is 15.5 Å². The molecule has 0 bridgehead atoms. The molecule has 2 aromatic rings. The molecule has 1 aromatic heterocycles. The van der Waals surface area contributed by atoms with Crippen LogP contribution in [0.15, 0.2) is 36.7 Å². The van der Waals surface area contributed by atoms with Crippen LogP contribution in [0.4, 0.5) is 16.4 Å². The summed E-state index contributed by atoms with van der Waals surface area (Å²) in [6.45, 7) is 4.77. The molecule has 1 fully saturated rings. The highest BCUT2D eigenvalue weighted by Gasteiger charge is 2.22. The lowest BCUT2D eigenvalue weighted by Gasteiger charge is -2.34. The molecule has 0 spiro atoms. The first-order valence-corrected chi connectivity index (χ1v) is 9.51. The third-order valence-corrected chi connectivity index (χ3v) is 4.77. The lowest BCUT2D eigenvalue weighted by atomic mass is 10.2. The van der Waals surface area contributed by atoms with E-state index in [4.69, 9.17) is 11.6 Å². The minimum atomic E-state index is -0.357. The van der Waals surface area contributed by atoms with Crippen LogP contribution in [-0.2, 0) is 4.79 Å². The van der Waals surface area contributed by atoms with E-state index in [1.807, 2.05) is 13.0 Å². The van der Waals surface area contributed by atoms with Crippen molar-refractivity contribution in [3.63, 3.8) is 0 Å². The fourth-order valence-electron chi connectivity index (χ4n) is 2.95. The Morgan fingerprint density at radius 3 is 2.57 bits per heavy atom. The van der Waals surface area contributed by atoms with E-state index in [1.54, 1.807) is 35.5 Å². The molecule has 0 unspecified atom stereocenters. The van der Waals surface area contributed by atoms with E-state index in [0.29, 0.717) is 42.8 Å². The van der Waals surface area contributed by atoms with Gasteiger partial charge < -0.3 is 20.4 Å². The van der Waals surface area contributed by atoms with Crippen LogP contribution >= 0.6 is 11.6 Å². The van der Waals surface area contributed by atoms with Crippen molar-refractivity contribution >= 4 is 35.2 Å². The van der Waals surface area contributed by atoms with E-state index < -0.39 is 0 Å². The number of aryl methyl sites for hydroxylation is 1. The summed E-state index contributed by atoms with van der Waals surface area (Å²) in [7, 11) is 0. The molecular formula is C19H23ClN6O2. The molecule has 0 radical (unpaired) electrons. The number of benzene rings is 1. The van der Waals surface area contributed by atoms with E-state index in [0.717, 1.165) is 5.56 Å². The Bertz CT molecular complexity index is 824. The van der Waals surface area contributed by atoms with Crippen molar-refractivity contribution < 1.29 is 9.59 Å². The summed E-state index contributed by atoms with van der Waals surface area (Å²) in [5.41, 5.74) is 1.56. The molecular weight excluding hydrogens is 380 g/mol. The highest BCUT2D eigenvalue weighted by atomic mass is 35.5. The predicted molar refractivity (Wildman–Crippen MR) is 109 cm³/mol. The molecule has 2 N–H and O–H groups in total. The summed E-state index contributed by atoms with van der Waals surface area (Å²) in [6, 6.07) is 6.71. The number of amides is 3. The maximum Gasteiger partial charge on any atom is 0.319 e. The Balaban J connectivity index is 1.39. The highest BCUT2D eigenvalue weighted by Crippen LogP contribution is 2.19. The van der Waals surface area contributed by atoms with Crippen LogP contribution in [0, 0.1) is 6.92 Å². The molecule has 28 heavy (non-hydrogen) atoms. The third-order valence-electron chi connectivity index (χ3n) is 4.54. The van der Waals surface area contributed by atoms with Crippen LogP contribution in [0.3, 0.4) is 0 Å². The zero-order valence-corrected chi connectivity index (χ0v) is 16.4. The minimum absolute atomic E-state index is 0.0212. The number of piperazine rings is 1. The number of urea groups is 1. The number of halogens is 1. The van der Waals surface area contributed by atoms with Gasteiger partial charge in [-0.1, -0.05) is 17.7 Å². The van der Waals surface area contributed by atoms with Crippen LogP contribution in [0.25, 0.3) is 0 Å². The summed E-state index contributed by atoms with van der Waals surface area (Å²) in [6.07, 6.45) is 3.67. The van der Waals surface area contributed by atoms with Crippen molar-refractivity contribution in [3.05, 3.63) is 47.2 Å². The average Bonchev–Trinajstić information content (AvgIpc) is 2.71. The standard InChI is InChI=1S/C19H23ClN6O2/c1-14-3-4-15(20)13-16(14)24-19(28)23-8-5-17(27)25-9-11-26(12-10-25)18-21-6-2-7-22-18/h2-4,6-7,13H,5,8-12H2,1H3,(H2,23,24,28). The third kappa shape index (κ3) is 5.32. The molecule has 1 saturated heterocycles. The predicted octanol–water partition coefficient (Wildman–Crippen LogP) is 2.30. The van der Waals surface area contributed by atoms with Gasteiger partial charge in [-0.25, -0.2) is 14.8 Å². The molecule has 1 aliphatic heterocycles. The fourth-order valence-corrected chi connectivity index (χ4v) is 3.12. The van der Waals surface area contributed by atoms with Gasteiger partial charge in [-0.3, -0.25) is 4.79 Å². The Hall–Kier alpha value is -2.87. The fraction of sp³-hybridized carbons (Fsp3) is 0.368. The van der Waals surface area contributed by atoms with Gasteiger partial charge in [0, 0.05) is 62.2 Å². The van der Waals surface area contributed by atoms with Crippen LogP contribution in [0.2, 0.25) is 5.02 Å². The summed E-state index contributed by atoms with van der Waals surface area (Å²) in [5, 5.41) is 6.01. The molecule has 0 saturated carbocycles. The van der Waals surface area contributed by atoms with E-state index in [1.165, 1.54) is 0 Å². The number of nitrogens with zero attached hydrogens (tertiary/aromatic N) is 4. The van der Waals surface area contributed by atoms with Crippen molar-refractivity contribution in [2.24, 2.45) is 0 Å². The van der Waals surface area contributed by atoms with Gasteiger partial charge in [-0.2, -0.15) is 0 Å². The summed E-state index contributed by atoms with van der Waals surface area (Å²) < 4.78 is 0. The van der Waals surface area contributed by atoms with Gasteiger partial charge in [0.1, 0.15) is 0 Å². The molecule has 1 aliphatic rings. The number of carbonyl (C=O) groups is 2. The average molecular weight is 403 g/mol. The topological polar surface area (TPSA) is 90.5 Å². The molecule has 1 aromatic carbocycles. The zero-order chi connectivity index (χ0) is 19.9. The molecule has 2 heterocycles. The molecule has 9 heteroatoms. The molecule has 0 atom stereocenters. The molecule has 148 valence electrons. The number of aromatic nitrogens is 2. The number of rotatable bonds is 5. The first-order valence-electron chi connectivity index (χ1n) is 9.13. The Labute approximate surface area is 168 Å². The van der Waals surface area contributed by atoms with Crippen molar-refractivity contribution in [1.82, 2.24) is 20.2 Å². The second kappa shape index (κ2) is 9.36. The Morgan fingerprint density at radius 1 is 1.14 bits per heavy atom. The first-order chi connectivity index (χ1) is 13.5. The number of hydrogen-bond acceptors (Lipinski definition) is 5. The van der Waals surface area contributed by atoms with Crippen LogP contribution in [-0.4, -0.2) is 59.5 Å². The van der Waals surface area contributed by atoms with Gasteiger partial charge in [0.15, 0.2) is 0 Å². The number of carbonyl (C=O) groups excluding carboxylic acids is 2. The van der Waals surface area contributed by atoms with Gasteiger partial charge in [-0.05, 0) is 30.7 Å². The number of nitrogens with one attached hydrogen (secondary N) is 2. The van der Waals surface area contributed by atoms with E-state index >= 15 is 0 Å². The van der Waals surface area contributed by atoms with E-state index in [-0.39, 0.29) is 24.9 Å². The Kier molecular flexibility index (Phi) is 6.65. The number of anilines is 2. The normalized spacial score (nSPS) is 13.9. The van der Waals surface area contributed by atoms with Gasteiger partial charge in [0.05, 0.1) is 0 Å². The maximum absolute atomic E-state index is 12.4. The van der Waals surface area contributed by atoms with Crippen molar-refractivity contribution in [1.29, 1.82) is 0 Å². The van der Waals surface area contributed by atoms with Gasteiger partial charge in [0.25, 0.3) is 0 Å². The smallest absolute Gasteiger partial charge is 0.319 e. The second-order valence-electron chi connectivity index (χ2n) is 6.51. The van der Waals surface area contributed by atoms with E-state index in [2.05, 4.69) is 25.5 Å². The van der Waals surface area contributed by atoms with Crippen molar-refractivity contribution in [2.75, 3.05) is 42.9 Å². The quantitative estimate of drug-likeness (QED) is 0.800. The van der Waals surface area contributed by atoms with Gasteiger partial charge >= 0.3 is 6.03 Å². The zero-order valence-electron chi connectivity index (χ0n) is 15.7. The molecule has 3 rings (SSSR count). The monoisotopic (exact) mass is 402 g/mol. The van der Waals surface area contributed by atoms with Gasteiger partial charge in [-0.15, -0.1) is 0 Å². The molecule has 8 nitrogen and oxygen atoms in total. The largest absolute Gasteiger partial charge is 0.339 e. The summed E-state index contributed by atoms with van der Waals surface area (Å²) in [4.78, 5) is 36.7. The second-order valence-corrected chi connectivity index (χ2v) is 6.94. The summed E-state index contributed by atoms with van der Waals surface area (Å²) in [5.74, 6) is 0.706. The molecule has 0 aliphatic carbocycles. The van der Waals surface area contributed by atoms with Crippen molar-refractivity contribution in [3.8, 4) is 0 Å². The minimum Gasteiger partial charge on any atom is -0.339 e. The Morgan fingerprint density at radius 2 is 1.86 bits per heavy atom. The first kappa shape index (κ1) is 19.9. The molecule has 3 amide bonds. The maximum atomic E-state index is 12.4. The van der Waals surface area contributed by atoms with Gasteiger partial charge in [0.2, 0.25) is 11.9 Å². The van der Waals surface area contributed by atoms with Crippen LogP contribution in [0.5, 0.6) is 0 Å². The summed E-state index contributed by atoms with van der Waals surface area (Å²) >= 11 is 5.95. The SMILES string of the molecule is Cc1ccc(Cl)cc1NC(=O)NCCC(=O)N1CCN(c2ncccn2)CC1. The highest BCUT2D eigenvalue weighted by molar-refractivity contribution is 6.31.